The van der Waals surface area contributed by atoms with Crippen molar-refractivity contribution in [2.45, 2.75) is 38.5 Å². The summed E-state index contributed by atoms with van der Waals surface area (Å²) in [6.07, 6.45) is 0. The molecule has 2 aromatic heterocycles. The average Bonchev–Trinajstić information content (AvgIpc) is 3.84. The number of rotatable bonds is 2. The highest BCUT2D eigenvalue weighted by Gasteiger charge is 2.39. The Hall–Kier alpha value is -6.88. The number of benzene rings is 7. The molecular weight excluding hydrogens is 657 g/mol. The summed E-state index contributed by atoms with van der Waals surface area (Å²) in [7, 11) is 0. The third-order valence-electron chi connectivity index (χ3n) is 12.6. The van der Waals surface area contributed by atoms with Crippen LogP contribution in [0.5, 0.6) is 0 Å². The van der Waals surface area contributed by atoms with Crippen LogP contribution in [0, 0.1) is 22.7 Å². The fourth-order valence-corrected chi connectivity index (χ4v) is 10.0. The SMILES string of the molecule is CC1(C)c2ccccc2-c2cc3c(cc21)c1cc2c(cc1n3-c1c(C#N)cc(C#N)cc1-n1c3ccccc3c3ccccc31)C(C)(C)c1ccccc1-2. The molecule has 4 nitrogen and oxygen atoms in total. The van der Waals surface area contributed by atoms with E-state index in [-0.39, 0.29) is 10.8 Å². The molecule has 0 fully saturated rings. The molecule has 254 valence electrons. The molecule has 0 N–H and O–H groups in total. The first kappa shape index (κ1) is 30.7. The van der Waals surface area contributed by atoms with Crippen molar-refractivity contribution in [2.75, 3.05) is 0 Å². The van der Waals surface area contributed by atoms with E-state index in [0.29, 0.717) is 11.1 Å². The largest absolute Gasteiger partial charge is 0.307 e. The molecule has 4 heteroatoms. The van der Waals surface area contributed by atoms with Gasteiger partial charge in [0.25, 0.3) is 0 Å². The maximum atomic E-state index is 11.1. The third kappa shape index (κ3) is 3.75. The molecule has 0 saturated carbocycles. The van der Waals surface area contributed by atoms with Crippen LogP contribution in [-0.4, -0.2) is 9.13 Å². The number of aromatic nitrogens is 2. The molecule has 2 heterocycles. The maximum absolute atomic E-state index is 11.1. The summed E-state index contributed by atoms with van der Waals surface area (Å²) in [4.78, 5) is 0. The Morgan fingerprint density at radius 3 is 1.56 bits per heavy atom. The summed E-state index contributed by atoms with van der Waals surface area (Å²) < 4.78 is 4.58. The second-order valence-corrected chi connectivity index (χ2v) is 16.0. The summed E-state index contributed by atoms with van der Waals surface area (Å²) in [6.45, 7) is 9.29. The van der Waals surface area contributed by atoms with E-state index >= 15 is 0 Å². The molecule has 7 aromatic carbocycles. The number of hydrogen-bond donors (Lipinski definition) is 0. The number of para-hydroxylation sites is 2. The minimum atomic E-state index is -0.220. The van der Waals surface area contributed by atoms with Gasteiger partial charge >= 0.3 is 0 Å². The molecule has 2 aliphatic carbocycles. The highest BCUT2D eigenvalue weighted by Crippen LogP contribution is 2.54. The zero-order chi connectivity index (χ0) is 36.7. The van der Waals surface area contributed by atoms with Crippen LogP contribution in [0.25, 0.3) is 77.2 Å². The van der Waals surface area contributed by atoms with Crippen molar-refractivity contribution >= 4 is 43.6 Å². The Kier molecular flexibility index (Phi) is 5.90. The Bertz CT molecular complexity index is 3190. The molecule has 0 bridgehead atoms. The van der Waals surface area contributed by atoms with Crippen molar-refractivity contribution in [2.24, 2.45) is 0 Å². The molecule has 0 saturated heterocycles. The van der Waals surface area contributed by atoms with Gasteiger partial charge in [0.2, 0.25) is 0 Å². The van der Waals surface area contributed by atoms with Gasteiger partial charge in [0.15, 0.2) is 0 Å². The van der Waals surface area contributed by atoms with E-state index in [1.54, 1.807) is 6.07 Å². The van der Waals surface area contributed by atoms with Gasteiger partial charge in [-0.15, -0.1) is 0 Å². The van der Waals surface area contributed by atoms with Crippen molar-refractivity contribution in [1.29, 1.82) is 10.5 Å². The first-order valence-corrected chi connectivity index (χ1v) is 18.6. The maximum Gasteiger partial charge on any atom is 0.101 e. The Labute approximate surface area is 313 Å². The predicted molar refractivity (Wildman–Crippen MR) is 220 cm³/mol. The average molecular weight is 691 g/mol. The summed E-state index contributed by atoms with van der Waals surface area (Å²) in [6, 6.07) is 52.6. The monoisotopic (exact) mass is 690 g/mol. The zero-order valence-electron chi connectivity index (χ0n) is 30.5. The first-order chi connectivity index (χ1) is 26.2. The number of hydrogen-bond acceptors (Lipinski definition) is 2. The smallest absolute Gasteiger partial charge is 0.101 e. The van der Waals surface area contributed by atoms with Gasteiger partial charge in [-0.05, 0) is 93.0 Å². The lowest BCUT2D eigenvalue weighted by molar-refractivity contribution is 0.661. The lowest BCUT2D eigenvalue weighted by Gasteiger charge is -2.22. The standard InChI is InChI=1S/C50H34N4/c1-49(2)40-18-10-6-14-32(40)36-25-45-38(24-41(36)49)37-23-35-31-13-5-9-17-39(31)50(3,4)42(35)26-46(37)54(45)48-30(28-52)21-29(27-51)22-47(48)53-43-19-11-7-15-33(43)34-16-8-12-20-44(34)53/h5-26H,1-4H3. The van der Waals surface area contributed by atoms with Crippen LogP contribution in [0.3, 0.4) is 0 Å². The second-order valence-electron chi connectivity index (χ2n) is 16.0. The number of nitrogens with zero attached hydrogens (tertiary/aromatic N) is 4. The molecule has 54 heavy (non-hydrogen) atoms. The molecule has 0 radical (unpaired) electrons. The van der Waals surface area contributed by atoms with Gasteiger partial charge < -0.3 is 9.13 Å². The van der Waals surface area contributed by atoms with E-state index in [1.165, 1.54) is 44.5 Å². The van der Waals surface area contributed by atoms with Crippen LogP contribution in [0.2, 0.25) is 0 Å². The zero-order valence-corrected chi connectivity index (χ0v) is 30.5. The van der Waals surface area contributed by atoms with E-state index in [4.69, 9.17) is 0 Å². The minimum absolute atomic E-state index is 0.180. The van der Waals surface area contributed by atoms with E-state index in [2.05, 4.69) is 170 Å². The van der Waals surface area contributed by atoms with Gasteiger partial charge in [-0.1, -0.05) is 113 Å². The summed E-state index contributed by atoms with van der Waals surface area (Å²) in [5, 5.41) is 26.0. The highest BCUT2D eigenvalue weighted by atomic mass is 15.1. The molecule has 9 aromatic rings. The lowest BCUT2D eigenvalue weighted by atomic mass is 9.81. The van der Waals surface area contributed by atoms with Crippen molar-refractivity contribution in [3.8, 4) is 45.8 Å². The van der Waals surface area contributed by atoms with Crippen molar-refractivity contribution in [1.82, 2.24) is 9.13 Å². The van der Waals surface area contributed by atoms with Gasteiger partial charge in [0, 0.05) is 32.4 Å². The van der Waals surface area contributed by atoms with Gasteiger partial charge in [-0.2, -0.15) is 10.5 Å². The van der Waals surface area contributed by atoms with Crippen LogP contribution in [-0.2, 0) is 10.8 Å². The van der Waals surface area contributed by atoms with Crippen LogP contribution >= 0.6 is 0 Å². The lowest BCUT2D eigenvalue weighted by Crippen LogP contribution is -2.15. The van der Waals surface area contributed by atoms with Crippen LogP contribution < -0.4 is 0 Å². The van der Waals surface area contributed by atoms with Crippen molar-refractivity contribution in [3.05, 3.63) is 167 Å². The summed E-state index contributed by atoms with van der Waals surface area (Å²) in [5.41, 5.74) is 16.4. The Balaban J connectivity index is 1.36. The van der Waals surface area contributed by atoms with E-state index in [0.717, 1.165) is 55.0 Å². The molecule has 0 spiro atoms. The Morgan fingerprint density at radius 2 is 0.944 bits per heavy atom. The van der Waals surface area contributed by atoms with Gasteiger partial charge in [0.1, 0.15) is 6.07 Å². The molecule has 0 atom stereocenters. The van der Waals surface area contributed by atoms with Crippen molar-refractivity contribution < 1.29 is 0 Å². The Morgan fingerprint density at radius 1 is 0.426 bits per heavy atom. The highest BCUT2D eigenvalue weighted by molar-refractivity contribution is 6.15. The van der Waals surface area contributed by atoms with Crippen LogP contribution in [0.1, 0.15) is 61.1 Å². The molecule has 0 amide bonds. The fraction of sp³-hybridized carbons (Fsp3) is 0.120. The number of fused-ring (bicyclic) bond motifs is 12. The normalized spacial score (nSPS) is 14.6. The fourth-order valence-electron chi connectivity index (χ4n) is 10.0. The van der Waals surface area contributed by atoms with Crippen LogP contribution in [0.15, 0.2) is 133 Å². The second kappa shape index (κ2) is 10.4. The van der Waals surface area contributed by atoms with E-state index < -0.39 is 0 Å². The first-order valence-electron chi connectivity index (χ1n) is 18.6. The van der Waals surface area contributed by atoms with Crippen LogP contribution in [0.4, 0.5) is 0 Å². The van der Waals surface area contributed by atoms with Gasteiger partial charge in [-0.25, -0.2) is 0 Å². The molecule has 0 aliphatic heterocycles. The summed E-state index contributed by atoms with van der Waals surface area (Å²) in [5.74, 6) is 0. The minimum Gasteiger partial charge on any atom is -0.307 e. The molecule has 11 rings (SSSR count). The van der Waals surface area contributed by atoms with Gasteiger partial charge in [-0.3, -0.25) is 0 Å². The molecule has 2 aliphatic rings. The van der Waals surface area contributed by atoms with Crippen molar-refractivity contribution in [3.63, 3.8) is 0 Å². The molecule has 0 unspecified atom stereocenters. The number of nitriles is 2. The van der Waals surface area contributed by atoms with E-state index in [9.17, 15) is 10.5 Å². The predicted octanol–water partition coefficient (Wildman–Crippen LogP) is 12.2. The van der Waals surface area contributed by atoms with Gasteiger partial charge in [0.05, 0.1) is 50.6 Å². The third-order valence-corrected chi connectivity index (χ3v) is 12.6. The quantitative estimate of drug-likeness (QED) is 0.181. The topological polar surface area (TPSA) is 57.4 Å². The molecular formula is C50H34N4. The van der Waals surface area contributed by atoms with E-state index in [1.807, 2.05) is 6.07 Å². The summed E-state index contributed by atoms with van der Waals surface area (Å²) >= 11 is 0.